The smallest absolute Gasteiger partial charge is 0.262 e. The van der Waals surface area contributed by atoms with E-state index in [4.69, 9.17) is 14.6 Å². The molecular weight excluding hydrogens is 418 g/mol. The van der Waals surface area contributed by atoms with Crippen LogP contribution in [0.15, 0.2) is 53.6 Å². The molecule has 7 heteroatoms. The molecule has 33 heavy (non-hydrogen) atoms. The number of ether oxygens (including phenoxy) is 2. The number of amides is 2. The summed E-state index contributed by atoms with van der Waals surface area (Å²) in [5.41, 5.74) is 2.39. The minimum atomic E-state index is -0.332. The van der Waals surface area contributed by atoms with Crippen LogP contribution < -0.4 is 9.47 Å². The van der Waals surface area contributed by atoms with Gasteiger partial charge in [0.05, 0.1) is 26.0 Å². The summed E-state index contributed by atoms with van der Waals surface area (Å²) in [6.45, 7) is 5.96. The highest BCUT2D eigenvalue weighted by molar-refractivity contribution is 6.03. The van der Waals surface area contributed by atoms with Crippen LogP contribution in [0.1, 0.15) is 50.8 Å². The highest BCUT2D eigenvalue weighted by Crippen LogP contribution is 2.37. The zero-order valence-electron chi connectivity index (χ0n) is 20.3. The van der Waals surface area contributed by atoms with Crippen molar-refractivity contribution in [1.29, 1.82) is 0 Å². The fourth-order valence-electron chi connectivity index (χ4n) is 3.85. The highest BCUT2D eigenvalue weighted by atomic mass is 16.5. The monoisotopic (exact) mass is 451 g/mol. The highest BCUT2D eigenvalue weighted by Gasteiger charge is 2.35. The Morgan fingerprint density at radius 2 is 1.82 bits per heavy atom. The number of para-hydroxylation sites is 1. The number of hydrogen-bond donors (Lipinski definition) is 0. The van der Waals surface area contributed by atoms with Gasteiger partial charge in [0.2, 0.25) is 5.91 Å². The molecule has 0 radical (unpaired) electrons. The number of hydrazone groups is 1. The van der Waals surface area contributed by atoms with E-state index in [1.54, 1.807) is 21.3 Å². The Hall–Kier alpha value is -3.35. The predicted molar refractivity (Wildman–Crippen MR) is 128 cm³/mol. The van der Waals surface area contributed by atoms with Gasteiger partial charge >= 0.3 is 0 Å². The van der Waals surface area contributed by atoms with Crippen molar-refractivity contribution in [2.24, 2.45) is 10.5 Å². The predicted octanol–water partition coefficient (Wildman–Crippen LogP) is 4.28. The van der Waals surface area contributed by atoms with Crippen molar-refractivity contribution < 1.29 is 19.1 Å². The molecule has 0 fully saturated rings. The number of carbonyl (C=O) groups is 2. The lowest BCUT2D eigenvalue weighted by Gasteiger charge is -2.27. The first-order valence-corrected chi connectivity index (χ1v) is 11.0. The molecule has 1 aliphatic heterocycles. The maximum atomic E-state index is 13.4. The first kappa shape index (κ1) is 24.3. The number of methoxy groups -OCH3 is 2. The quantitative estimate of drug-likeness (QED) is 0.630. The van der Waals surface area contributed by atoms with Crippen LogP contribution in [0.2, 0.25) is 0 Å². The molecule has 0 bridgehead atoms. The van der Waals surface area contributed by atoms with Gasteiger partial charge in [0.25, 0.3) is 5.91 Å². The van der Waals surface area contributed by atoms with E-state index in [9.17, 15) is 9.59 Å². The Bertz CT molecular complexity index is 1040. The van der Waals surface area contributed by atoms with Crippen molar-refractivity contribution in [2.45, 2.75) is 39.7 Å². The summed E-state index contributed by atoms with van der Waals surface area (Å²) in [7, 11) is 4.89. The number of nitrogens with zero attached hydrogens (tertiary/aromatic N) is 3. The number of benzene rings is 2. The average molecular weight is 452 g/mol. The summed E-state index contributed by atoms with van der Waals surface area (Å²) in [6, 6.07) is 14.9. The van der Waals surface area contributed by atoms with Crippen LogP contribution in [-0.2, 0) is 9.59 Å². The maximum absolute atomic E-state index is 13.4. The third-order valence-corrected chi connectivity index (χ3v) is 5.55. The summed E-state index contributed by atoms with van der Waals surface area (Å²) in [6.07, 6.45) is 0.893. The molecule has 2 aromatic rings. The molecule has 2 amide bonds. The van der Waals surface area contributed by atoms with E-state index in [-0.39, 0.29) is 29.8 Å². The molecule has 1 atom stereocenters. The van der Waals surface area contributed by atoms with Gasteiger partial charge in [-0.25, -0.2) is 5.01 Å². The molecule has 0 saturated heterocycles. The van der Waals surface area contributed by atoms with Gasteiger partial charge in [0, 0.05) is 31.0 Å². The molecule has 1 aliphatic rings. The Morgan fingerprint density at radius 3 is 2.48 bits per heavy atom. The zero-order valence-corrected chi connectivity index (χ0v) is 20.3. The number of rotatable bonds is 7. The maximum Gasteiger partial charge on any atom is 0.262 e. The molecule has 0 unspecified atom stereocenters. The van der Waals surface area contributed by atoms with E-state index in [1.165, 1.54) is 9.91 Å². The fourth-order valence-corrected chi connectivity index (χ4v) is 3.85. The van der Waals surface area contributed by atoms with Crippen molar-refractivity contribution in [2.75, 3.05) is 27.8 Å². The van der Waals surface area contributed by atoms with Gasteiger partial charge in [0.1, 0.15) is 18.0 Å². The fraction of sp³-hybridized carbons (Fsp3) is 0.423. The van der Waals surface area contributed by atoms with Gasteiger partial charge in [0.15, 0.2) is 0 Å². The van der Waals surface area contributed by atoms with Crippen LogP contribution in [-0.4, -0.2) is 55.2 Å². The lowest BCUT2D eigenvalue weighted by atomic mass is 9.92. The molecule has 0 saturated carbocycles. The normalized spacial score (nSPS) is 15.8. The summed E-state index contributed by atoms with van der Waals surface area (Å²) < 4.78 is 10.9. The molecule has 0 N–H and O–H groups in total. The second kappa shape index (κ2) is 10.1. The zero-order chi connectivity index (χ0) is 24.2. The van der Waals surface area contributed by atoms with E-state index >= 15 is 0 Å². The van der Waals surface area contributed by atoms with E-state index < -0.39 is 0 Å². The van der Waals surface area contributed by atoms with Gasteiger partial charge in [-0.05, 0) is 23.6 Å². The average Bonchev–Trinajstić information content (AvgIpc) is 3.23. The lowest BCUT2D eigenvalue weighted by Crippen LogP contribution is -2.40. The summed E-state index contributed by atoms with van der Waals surface area (Å²) >= 11 is 0. The van der Waals surface area contributed by atoms with Crippen LogP contribution in [0.5, 0.6) is 11.5 Å². The number of hydrogen-bond acceptors (Lipinski definition) is 5. The molecule has 1 heterocycles. The standard InChI is InChI=1S/C26H33N3O4/c1-26(2,3)16-24(30)28(4)17-25(31)29-22(20-12-7-8-13-23(20)33-6)15-21(27-29)18-10-9-11-19(14-18)32-5/h7-14,22H,15-17H2,1-6H3/t22-/m1/s1. The Balaban J connectivity index is 1.91. The van der Waals surface area contributed by atoms with Crippen LogP contribution in [0.3, 0.4) is 0 Å². The first-order chi connectivity index (χ1) is 15.6. The van der Waals surface area contributed by atoms with E-state index in [0.717, 1.165) is 22.6 Å². The molecule has 176 valence electrons. The van der Waals surface area contributed by atoms with Crippen molar-refractivity contribution in [1.82, 2.24) is 9.91 Å². The van der Waals surface area contributed by atoms with Crippen molar-refractivity contribution in [3.05, 3.63) is 59.7 Å². The van der Waals surface area contributed by atoms with E-state index in [2.05, 4.69) is 0 Å². The van der Waals surface area contributed by atoms with Crippen molar-refractivity contribution >= 4 is 17.5 Å². The van der Waals surface area contributed by atoms with Crippen LogP contribution in [0.25, 0.3) is 0 Å². The van der Waals surface area contributed by atoms with Crippen molar-refractivity contribution in [3.8, 4) is 11.5 Å². The molecule has 0 spiro atoms. The number of likely N-dealkylation sites (N-methyl/N-ethyl adjacent to an activating group) is 1. The lowest BCUT2D eigenvalue weighted by molar-refractivity contribution is -0.141. The summed E-state index contributed by atoms with van der Waals surface area (Å²) in [4.78, 5) is 27.4. The van der Waals surface area contributed by atoms with E-state index in [0.29, 0.717) is 18.6 Å². The van der Waals surface area contributed by atoms with Crippen LogP contribution in [0, 0.1) is 5.41 Å². The molecule has 0 aliphatic carbocycles. The molecule has 3 rings (SSSR count). The van der Waals surface area contributed by atoms with Crippen molar-refractivity contribution in [3.63, 3.8) is 0 Å². The van der Waals surface area contributed by atoms with Crippen LogP contribution >= 0.6 is 0 Å². The topological polar surface area (TPSA) is 71.4 Å². The van der Waals surface area contributed by atoms with Gasteiger partial charge in [-0.15, -0.1) is 0 Å². The van der Waals surface area contributed by atoms with Gasteiger partial charge in [-0.2, -0.15) is 5.10 Å². The molecule has 0 aromatic heterocycles. The second-order valence-corrected chi connectivity index (χ2v) is 9.47. The minimum Gasteiger partial charge on any atom is -0.497 e. The molecular formula is C26H33N3O4. The summed E-state index contributed by atoms with van der Waals surface area (Å²) in [5.74, 6) is 1.11. The van der Waals surface area contributed by atoms with Gasteiger partial charge < -0.3 is 14.4 Å². The SMILES string of the molecule is COc1cccc(C2=NN(C(=O)CN(C)C(=O)CC(C)(C)C)[C@@H](c3ccccc3OC)C2)c1. The summed E-state index contributed by atoms with van der Waals surface area (Å²) in [5, 5.41) is 6.20. The Kier molecular flexibility index (Phi) is 7.41. The first-order valence-electron chi connectivity index (χ1n) is 11.0. The third-order valence-electron chi connectivity index (χ3n) is 5.55. The van der Waals surface area contributed by atoms with Crippen LogP contribution in [0.4, 0.5) is 0 Å². The van der Waals surface area contributed by atoms with E-state index in [1.807, 2.05) is 69.3 Å². The molecule has 2 aromatic carbocycles. The minimum absolute atomic E-state index is 0.0462. The Morgan fingerprint density at radius 1 is 1.09 bits per heavy atom. The molecule has 7 nitrogen and oxygen atoms in total. The largest absolute Gasteiger partial charge is 0.497 e. The third kappa shape index (κ3) is 5.92. The van der Waals surface area contributed by atoms with Gasteiger partial charge in [-0.1, -0.05) is 51.1 Å². The second-order valence-electron chi connectivity index (χ2n) is 9.47. The number of carbonyl (C=O) groups excluding carboxylic acids is 2. The Labute approximate surface area is 196 Å². The van der Waals surface area contributed by atoms with Gasteiger partial charge in [-0.3, -0.25) is 9.59 Å².